The molecule has 0 radical (unpaired) electrons. The summed E-state index contributed by atoms with van der Waals surface area (Å²) >= 11 is 0. The van der Waals surface area contributed by atoms with Crippen molar-refractivity contribution >= 4 is 8.32 Å². The molecule has 0 aliphatic carbocycles. The monoisotopic (exact) mass is 216 g/mol. The van der Waals surface area contributed by atoms with Crippen LogP contribution in [0, 0.1) is 0 Å². The summed E-state index contributed by atoms with van der Waals surface area (Å²) in [4.78, 5) is 0. The summed E-state index contributed by atoms with van der Waals surface area (Å²) in [6.07, 6.45) is 2.44. The first kappa shape index (κ1) is 14.2. The van der Waals surface area contributed by atoms with Crippen LogP contribution in [0.2, 0.25) is 18.1 Å². The number of rotatable bonds is 4. The lowest BCUT2D eigenvalue weighted by Crippen LogP contribution is -2.48. The molecule has 0 N–H and O–H groups in total. The number of hydrogen-bond donors (Lipinski definition) is 0. The Morgan fingerprint density at radius 2 is 1.29 bits per heavy atom. The molecule has 0 unspecified atom stereocenters. The Morgan fingerprint density at radius 3 is 1.50 bits per heavy atom. The maximum absolute atomic E-state index is 6.31. The van der Waals surface area contributed by atoms with Gasteiger partial charge in [0.15, 0.2) is 8.32 Å². The highest BCUT2D eigenvalue weighted by Crippen LogP contribution is 2.45. The van der Waals surface area contributed by atoms with Crippen molar-refractivity contribution in [3.05, 3.63) is 0 Å². The molecule has 0 saturated heterocycles. The van der Waals surface area contributed by atoms with Crippen molar-refractivity contribution in [3.8, 4) is 0 Å². The van der Waals surface area contributed by atoms with Gasteiger partial charge in [0.25, 0.3) is 0 Å². The summed E-state index contributed by atoms with van der Waals surface area (Å²) in [7, 11) is -1.59. The molecule has 2 heteroatoms. The SMILES string of the molecule is CCC(C)(CC)[Si](C)(C)OC(C)(C)C. The molecule has 0 heterocycles. The predicted molar refractivity (Wildman–Crippen MR) is 67.3 cm³/mol. The molecule has 0 bridgehead atoms. The van der Waals surface area contributed by atoms with Gasteiger partial charge < -0.3 is 4.43 Å². The molecular formula is C12H28OSi. The molecule has 1 nitrogen and oxygen atoms in total. The van der Waals surface area contributed by atoms with Crippen LogP contribution in [-0.4, -0.2) is 13.9 Å². The number of hydrogen-bond acceptors (Lipinski definition) is 1. The lowest BCUT2D eigenvalue weighted by atomic mass is 10.1. The highest BCUT2D eigenvalue weighted by molar-refractivity contribution is 6.74. The molecule has 14 heavy (non-hydrogen) atoms. The zero-order valence-electron chi connectivity index (χ0n) is 11.3. The van der Waals surface area contributed by atoms with Crippen molar-refractivity contribution < 1.29 is 4.43 Å². The molecule has 0 spiro atoms. The van der Waals surface area contributed by atoms with Gasteiger partial charge in [-0.05, 0) is 38.9 Å². The van der Waals surface area contributed by atoms with E-state index in [0.717, 1.165) is 0 Å². The summed E-state index contributed by atoms with van der Waals surface area (Å²) in [5, 5.41) is 0.403. The Labute approximate surface area is 91.4 Å². The van der Waals surface area contributed by atoms with Gasteiger partial charge in [0.05, 0.1) is 0 Å². The average molecular weight is 216 g/mol. The lowest BCUT2D eigenvalue weighted by molar-refractivity contribution is 0.108. The van der Waals surface area contributed by atoms with Crippen LogP contribution in [0.1, 0.15) is 54.4 Å². The molecule has 0 aliphatic rings. The average Bonchev–Trinajstić information content (AvgIpc) is 1.98. The van der Waals surface area contributed by atoms with Crippen molar-refractivity contribution in [1.82, 2.24) is 0 Å². The molecule has 0 saturated carbocycles. The Morgan fingerprint density at radius 1 is 0.929 bits per heavy atom. The van der Waals surface area contributed by atoms with Crippen LogP contribution in [0.15, 0.2) is 0 Å². The summed E-state index contributed by atoms with van der Waals surface area (Å²) in [5.41, 5.74) is 0.00131. The Hall–Kier alpha value is 0.177. The summed E-state index contributed by atoms with van der Waals surface area (Å²) < 4.78 is 6.31. The molecule has 0 aromatic rings. The van der Waals surface area contributed by atoms with Crippen LogP contribution in [0.5, 0.6) is 0 Å². The van der Waals surface area contributed by atoms with Crippen LogP contribution in [0.4, 0.5) is 0 Å². The molecule has 0 rings (SSSR count). The Balaban J connectivity index is 4.75. The fourth-order valence-corrected chi connectivity index (χ4v) is 5.47. The normalized spacial score (nSPS) is 14.6. The predicted octanol–water partition coefficient (Wildman–Crippen LogP) is 4.59. The first-order valence-corrected chi connectivity index (χ1v) is 8.69. The van der Waals surface area contributed by atoms with E-state index < -0.39 is 8.32 Å². The Bertz CT molecular complexity index is 175. The van der Waals surface area contributed by atoms with Crippen molar-refractivity contribution in [2.24, 2.45) is 0 Å². The standard InChI is InChI=1S/C12H28OSi/c1-9-12(6,10-2)14(7,8)13-11(3,4)5/h9-10H2,1-8H3. The van der Waals surface area contributed by atoms with Gasteiger partial charge in [-0.15, -0.1) is 0 Å². The highest BCUT2D eigenvalue weighted by Gasteiger charge is 2.44. The van der Waals surface area contributed by atoms with Gasteiger partial charge >= 0.3 is 0 Å². The van der Waals surface area contributed by atoms with E-state index in [0.29, 0.717) is 5.04 Å². The molecule has 0 aromatic carbocycles. The summed E-state index contributed by atoms with van der Waals surface area (Å²) in [6.45, 7) is 18.1. The van der Waals surface area contributed by atoms with E-state index in [4.69, 9.17) is 4.43 Å². The van der Waals surface area contributed by atoms with Crippen LogP contribution < -0.4 is 0 Å². The lowest BCUT2D eigenvalue weighted by Gasteiger charge is -2.45. The third-order valence-corrected chi connectivity index (χ3v) is 8.31. The van der Waals surface area contributed by atoms with Gasteiger partial charge in [0.2, 0.25) is 0 Å². The van der Waals surface area contributed by atoms with Crippen molar-refractivity contribution in [1.29, 1.82) is 0 Å². The van der Waals surface area contributed by atoms with E-state index in [1.807, 2.05) is 0 Å². The molecular weight excluding hydrogens is 188 g/mol. The maximum atomic E-state index is 6.31. The molecule has 0 fully saturated rings. The minimum Gasteiger partial charge on any atom is -0.412 e. The molecule has 0 atom stereocenters. The minimum atomic E-state index is -1.59. The van der Waals surface area contributed by atoms with Gasteiger partial charge in [-0.25, -0.2) is 0 Å². The zero-order chi connectivity index (χ0) is 11.6. The van der Waals surface area contributed by atoms with Crippen molar-refractivity contribution in [3.63, 3.8) is 0 Å². The zero-order valence-corrected chi connectivity index (χ0v) is 12.3. The summed E-state index contributed by atoms with van der Waals surface area (Å²) in [5.74, 6) is 0. The fourth-order valence-electron chi connectivity index (χ4n) is 1.99. The Kier molecular flexibility index (Phi) is 4.41. The van der Waals surface area contributed by atoms with E-state index in [2.05, 4.69) is 54.6 Å². The molecule has 86 valence electrons. The van der Waals surface area contributed by atoms with Gasteiger partial charge in [-0.2, -0.15) is 0 Å². The van der Waals surface area contributed by atoms with E-state index in [-0.39, 0.29) is 5.60 Å². The van der Waals surface area contributed by atoms with Crippen LogP contribution in [0.25, 0.3) is 0 Å². The second-order valence-corrected chi connectivity index (χ2v) is 10.4. The first-order chi connectivity index (χ1) is 6.08. The largest absolute Gasteiger partial charge is 0.412 e. The van der Waals surface area contributed by atoms with Gasteiger partial charge in [0.1, 0.15) is 0 Å². The molecule has 0 aliphatic heterocycles. The second-order valence-electron chi connectivity index (χ2n) is 5.99. The maximum Gasteiger partial charge on any atom is 0.193 e. The van der Waals surface area contributed by atoms with Crippen molar-refractivity contribution in [2.75, 3.05) is 0 Å². The van der Waals surface area contributed by atoms with Crippen LogP contribution in [-0.2, 0) is 4.43 Å². The smallest absolute Gasteiger partial charge is 0.193 e. The minimum absolute atomic E-state index is 0.00131. The molecule has 0 aromatic heterocycles. The van der Waals surface area contributed by atoms with Gasteiger partial charge in [-0.3, -0.25) is 0 Å². The second kappa shape index (κ2) is 4.36. The van der Waals surface area contributed by atoms with Crippen LogP contribution in [0.3, 0.4) is 0 Å². The topological polar surface area (TPSA) is 9.23 Å². The first-order valence-electron chi connectivity index (χ1n) is 5.78. The van der Waals surface area contributed by atoms with Gasteiger partial charge in [-0.1, -0.05) is 33.6 Å². The summed E-state index contributed by atoms with van der Waals surface area (Å²) in [6, 6.07) is 0. The molecule has 0 amide bonds. The van der Waals surface area contributed by atoms with Crippen molar-refractivity contribution in [2.45, 2.75) is 78.1 Å². The van der Waals surface area contributed by atoms with E-state index >= 15 is 0 Å². The highest BCUT2D eigenvalue weighted by atomic mass is 28.4. The third-order valence-electron chi connectivity index (χ3n) is 3.58. The van der Waals surface area contributed by atoms with E-state index in [9.17, 15) is 0 Å². The fraction of sp³-hybridized carbons (Fsp3) is 1.00. The van der Waals surface area contributed by atoms with Crippen LogP contribution >= 0.6 is 0 Å². The van der Waals surface area contributed by atoms with Gasteiger partial charge in [0, 0.05) is 5.60 Å². The van der Waals surface area contributed by atoms with E-state index in [1.165, 1.54) is 12.8 Å². The quantitative estimate of drug-likeness (QED) is 0.625. The third kappa shape index (κ3) is 3.39. The van der Waals surface area contributed by atoms with E-state index in [1.54, 1.807) is 0 Å².